The largest absolute Gasteiger partial charge is 0.450 e. The Bertz CT molecular complexity index is 1370. The number of piperidine rings is 2. The van der Waals surface area contributed by atoms with Gasteiger partial charge in [-0.1, -0.05) is 52.4 Å². The summed E-state index contributed by atoms with van der Waals surface area (Å²) in [5.74, 6) is 0.126. The van der Waals surface area contributed by atoms with Crippen molar-refractivity contribution in [2.75, 3.05) is 26.2 Å². The van der Waals surface area contributed by atoms with Crippen LogP contribution in [0.2, 0.25) is 0 Å². The van der Waals surface area contributed by atoms with Crippen LogP contribution in [0.15, 0.2) is 23.3 Å². The number of esters is 2. The van der Waals surface area contributed by atoms with E-state index in [0.717, 1.165) is 127 Å². The van der Waals surface area contributed by atoms with Gasteiger partial charge >= 0.3 is 11.9 Å². The normalized spacial score (nSPS) is 35.9. The highest BCUT2D eigenvalue weighted by molar-refractivity contribution is 5.88. The third-order valence-electron chi connectivity index (χ3n) is 14.4. The summed E-state index contributed by atoms with van der Waals surface area (Å²) in [5.41, 5.74) is 1.37. The molecule has 0 N–H and O–H groups in total. The van der Waals surface area contributed by atoms with Gasteiger partial charge in [-0.2, -0.15) is 0 Å². The van der Waals surface area contributed by atoms with Gasteiger partial charge in [0.05, 0.1) is 24.2 Å². The van der Waals surface area contributed by atoms with E-state index in [-0.39, 0.29) is 60.0 Å². The maximum atomic E-state index is 13.8. The zero-order chi connectivity index (χ0) is 36.0. The predicted molar refractivity (Wildman–Crippen MR) is 197 cm³/mol. The van der Waals surface area contributed by atoms with Crippen LogP contribution in [0.25, 0.3) is 0 Å². The zero-order valence-corrected chi connectivity index (χ0v) is 31.8. The lowest BCUT2D eigenvalue weighted by Gasteiger charge is -2.42. The van der Waals surface area contributed by atoms with E-state index in [4.69, 9.17) is 9.47 Å². The minimum Gasteiger partial charge on any atom is -0.450 e. The molecule has 2 saturated carbocycles. The Morgan fingerprint density at radius 1 is 0.673 bits per heavy atom. The molecule has 6 heterocycles. The molecule has 2 amide bonds. The summed E-state index contributed by atoms with van der Waals surface area (Å²) in [5, 5.41) is 0. The van der Waals surface area contributed by atoms with Gasteiger partial charge in [0, 0.05) is 63.0 Å². The summed E-state index contributed by atoms with van der Waals surface area (Å²) in [4.78, 5) is 62.1. The SMILES string of the molecule is CCCN(C(=O)CCCCCCCCC(=O)N(CCC)[C@H]1CC2=CC(=O)O[C@]23C[C@H]1N1CCCC[C@H]13)[C@H]1CC2=CC(=O)O[C@]23C[C@H]1N1CCCC[C@H]13. The van der Waals surface area contributed by atoms with Gasteiger partial charge in [0.2, 0.25) is 11.8 Å². The summed E-state index contributed by atoms with van der Waals surface area (Å²) in [6.45, 7) is 7.91. The van der Waals surface area contributed by atoms with Crippen molar-refractivity contribution in [1.82, 2.24) is 19.6 Å². The summed E-state index contributed by atoms with van der Waals surface area (Å²) < 4.78 is 12.1. The second kappa shape index (κ2) is 14.8. The molecule has 10 heteroatoms. The molecule has 2 spiro atoms. The molecule has 10 nitrogen and oxygen atoms in total. The van der Waals surface area contributed by atoms with Crippen LogP contribution in [0, 0.1) is 0 Å². The van der Waals surface area contributed by atoms with Crippen LogP contribution in [-0.4, -0.2) is 117 Å². The van der Waals surface area contributed by atoms with Crippen LogP contribution in [0.5, 0.6) is 0 Å². The fourth-order valence-electron chi connectivity index (χ4n) is 12.3. The highest BCUT2D eigenvalue weighted by Gasteiger charge is 2.66. The minimum atomic E-state index is -0.446. The molecule has 0 aromatic heterocycles. The topological polar surface area (TPSA) is 99.7 Å². The summed E-state index contributed by atoms with van der Waals surface area (Å²) in [6.07, 6.45) is 22.5. The van der Waals surface area contributed by atoms with E-state index in [0.29, 0.717) is 12.8 Å². The Morgan fingerprint density at radius 3 is 1.52 bits per heavy atom. The number of ether oxygens (including phenoxy) is 2. The molecule has 8 aliphatic rings. The molecule has 6 aliphatic heterocycles. The maximum Gasteiger partial charge on any atom is 0.331 e. The number of carbonyl (C=O) groups excluding carboxylic acids is 4. The van der Waals surface area contributed by atoms with E-state index in [1.54, 1.807) is 12.2 Å². The third kappa shape index (κ3) is 6.15. The second-order valence-electron chi connectivity index (χ2n) is 17.3. The van der Waals surface area contributed by atoms with Gasteiger partial charge in [-0.05, 0) is 88.4 Å². The summed E-state index contributed by atoms with van der Waals surface area (Å²) in [6, 6.07) is 1.30. The van der Waals surface area contributed by atoms with Crippen LogP contribution in [-0.2, 0) is 28.7 Å². The molecule has 0 aromatic rings. The smallest absolute Gasteiger partial charge is 0.331 e. The molecular formula is C42H62N4O6. The Hall–Kier alpha value is -2.72. The highest BCUT2D eigenvalue weighted by Crippen LogP contribution is 2.56. The first-order chi connectivity index (χ1) is 25.3. The lowest BCUT2D eigenvalue weighted by molar-refractivity contribution is -0.150. The lowest BCUT2D eigenvalue weighted by atomic mass is 9.75. The monoisotopic (exact) mass is 718 g/mol. The fraction of sp³-hybridized carbons (Fsp3) is 0.810. The van der Waals surface area contributed by atoms with Crippen molar-refractivity contribution in [2.24, 2.45) is 0 Å². The molecule has 52 heavy (non-hydrogen) atoms. The molecule has 0 radical (unpaired) electrons. The molecule has 6 fully saturated rings. The first kappa shape index (κ1) is 36.3. The van der Waals surface area contributed by atoms with E-state index >= 15 is 0 Å². The van der Waals surface area contributed by atoms with Crippen LogP contribution in [0.4, 0.5) is 0 Å². The number of nitrogens with zero attached hydrogens (tertiary/aromatic N) is 4. The number of fused-ring (bicyclic) bond motifs is 6. The van der Waals surface area contributed by atoms with Crippen molar-refractivity contribution in [2.45, 2.75) is 190 Å². The molecule has 8 rings (SSSR count). The fourth-order valence-corrected chi connectivity index (χ4v) is 12.3. The number of amides is 2. The van der Waals surface area contributed by atoms with Crippen LogP contribution < -0.4 is 0 Å². The molecule has 8 atom stereocenters. The van der Waals surface area contributed by atoms with E-state index in [1.807, 2.05) is 0 Å². The van der Waals surface area contributed by atoms with Crippen LogP contribution >= 0.6 is 0 Å². The Morgan fingerprint density at radius 2 is 1.10 bits per heavy atom. The average molecular weight is 719 g/mol. The molecule has 286 valence electrons. The average Bonchev–Trinajstić information content (AvgIpc) is 3.84. The predicted octanol–water partition coefficient (Wildman–Crippen LogP) is 5.83. The van der Waals surface area contributed by atoms with Crippen molar-refractivity contribution < 1.29 is 28.7 Å². The summed E-state index contributed by atoms with van der Waals surface area (Å²) in [7, 11) is 0. The highest BCUT2D eigenvalue weighted by atomic mass is 16.6. The zero-order valence-electron chi connectivity index (χ0n) is 31.8. The number of carbonyl (C=O) groups is 4. The van der Waals surface area contributed by atoms with Gasteiger partial charge < -0.3 is 19.3 Å². The Balaban J connectivity index is 0.796. The van der Waals surface area contributed by atoms with E-state index < -0.39 is 11.2 Å². The molecule has 4 bridgehead atoms. The van der Waals surface area contributed by atoms with Crippen LogP contribution in [0.3, 0.4) is 0 Å². The third-order valence-corrected chi connectivity index (χ3v) is 14.4. The molecular weight excluding hydrogens is 656 g/mol. The van der Waals surface area contributed by atoms with Crippen molar-refractivity contribution in [3.8, 4) is 0 Å². The number of hydrogen-bond donors (Lipinski definition) is 0. The first-order valence-electron chi connectivity index (χ1n) is 21.3. The van der Waals surface area contributed by atoms with E-state index in [2.05, 4.69) is 33.4 Å². The second-order valence-corrected chi connectivity index (χ2v) is 17.3. The first-order valence-corrected chi connectivity index (χ1v) is 21.3. The Labute approximate surface area is 310 Å². The maximum absolute atomic E-state index is 13.8. The molecule has 0 unspecified atom stereocenters. The standard InChI is InChI=1S/C42H62N4O6/c1-3-19-45(31-23-29-25-39(49)51-41(29)27-33(31)43-21-13-11-15-35(41)43)37(47)17-9-7-5-6-8-10-18-38(48)46(20-4-2)32-24-30-26-40(50)52-42(30)28-34(32)44-22-14-12-16-36(42)44/h25-26,31-36H,3-24,27-28H2,1-2H3/t31-,32-,33+,34+,35-,36-,41+,42+/m0/s1. The van der Waals surface area contributed by atoms with Crippen molar-refractivity contribution in [1.29, 1.82) is 0 Å². The van der Waals surface area contributed by atoms with Crippen LogP contribution in [0.1, 0.15) is 142 Å². The van der Waals surface area contributed by atoms with Gasteiger partial charge in [0.25, 0.3) is 0 Å². The van der Waals surface area contributed by atoms with Gasteiger partial charge in [0.15, 0.2) is 11.2 Å². The van der Waals surface area contributed by atoms with Crippen molar-refractivity contribution >= 4 is 23.8 Å². The van der Waals surface area contributed by atoms with E-state index in [1.165, 1.54) is 25.7 Å². The van der Waals surface area contributed by atoms with Gasteiger partial charge in [-0.15, -0.1) is 0 Å². The molecule has 0 aromatic carbocycles. The lowest BCUT2D eigenvalue weighted by Crippen LogP contribution is -2.54. The van der Waals surface area contributed by atoms with E-state index in [9.17, 15) is 19.2 Å². The number of hydrogen-bond acceptors (Lipinski definition) is 8. The number of rotatable bonds is 15. The quantitative estimate of drug-likeness (QED) is 0.154. The van der Waals surface area contributed by atoms with Gasteiger partial charge in [-0.25, -0.2) is 9.59 Å². The molecule has 4 saturated heterocycles. The molecule has 2 aliphatic carbocycles. The van der Waals surface area contributed by atoms with Gasteiger partial charge in [0.1, 0.15) is 0 Å². The Kier molecular flexibility index (Phi) is 10.3. The minimum absolute atomic E-state index is 0.117. The van der Waals surface area contributed by atoms with Crippen molar-refractivity contribution in [3.63, 3.8) is 0 Å². The van der Waals surface area contributed by atoms with Crippen molar-refractivity contribution in [3.05, 3.63) is 23.3 Å². The van der Waals surface area contributed by atoms with Gasteiger partial charge in [-0.3, -0.25) is 19.4 Å². The summed E-state index contributed by atoms with van der Waals surface area (Å²) >= 11 is 0. The number of unbranched alkanes of at least 4 members (excludes halogenated alkanes) is 5.